The summed E-state index contributed by atoms with van der Waals surface area (Å²) in [6, 6.07) is 10.2. The summed E-state index contributed by atoms with van der Waals surface area (Å²) >= 11 is 0. The van der Waals surface area contributed by atoms with E-state index in [4.69, 9.17) is 9.47 Å². The Morgan fingerprint density at radius 3 is 2.82 bits per heavy atom. The molecule has 4 N–H and O–H groups in total. The second-order valence-electron chi connectivity index (χ2n) is 9.91. The van der Waals surface area contributed by atoms with Crippen molar-refractivity contribution in [1.82, 2.24) is 15.8 Å². The monoisotopic (exact) mass is 449 g/mol. The van der Waals surface area contributed by atoms with Gasteiger partial charge in [0.15, 0.2) is 11.6 Å². The molecule has 1 aromatic heterocycles. The first kappa shape index (κ1) is 20.7. The van der Waals surface area contributed by atoms with Crippen molar-refractivity contribution in [3.63, 3.8) is 0 Å². The highest BCUT2D eigenvalue weighted by Gasteiger charge is 2.67. The molecule has 8 nitrogen and oxygen atoms in total. The Labute approximate surface area is 193 Å². The van der Waals surface area contributed by atoms with Crippen molar-refractivity contribution < 1.29 is 14.3 Å². The van der Waals surface area contributed by atoms with Crippen LogP contribution in [0.3, 0.4) is 0 Å². The summed E-state index contributed by atoms with van der Waals surface area (Å²) in [7, 11) is 3.35. The maximum Gasteiger partial charge on any atom is 0.235 e. The van der Waals surface area contributed by atoms with Crippen LogP contribution in [-0.2, 0) is 10.2 Å². The number of benzene rings is 1. The number of hydrogen-bond donors (Lipinski definition) is 4. The van der Waals surface area contributed by atoms with Crippen LogP contribution >= 0.6 is 0 Å². The molecule has 1 amide bonds. The van der Waals surface area contributed by atoms with Gasteiger partial charge in [-0.2, -0.15) is 0 Å². The van der Waals surface area contributed by atoms with E-state index >= 15 is 0 Å². The number of methoxy groups -OCH3 is 2. The molecule has 1 saturated heterocycles. The van der Waals surface area contributed by atoms with Crippen molar-refractivity contribution in [3.8, 4) is 11.5 Å². The number of carbonyl (C=O) groups excluding carboxylic acids is 1. The SMILES string of the molecule is COc1ccc2c(c1)[C@]1(C[C@H]1C1CCC3C(C1)NNC3Nc1nc(C)ccc1OC)C(=O)N2. The van der Waals surface area contributed by atoms with E-state index in [1.807, 2.05) is 31.2 Å². The molecule has 1 aromatic carbocycles. The molecule has 6 atom stereocenters. The molecule has 4 unspecified atom stereocenters. The van der Waals surface area contributed by atoms with E-state index in [2.05, 4.69) is 32.5 Å². The Morgan fingerprint density at radius 2 is 2.00 bits per heavy atom. The van der Waals surface area contributed by atoms with Gasteiger partial charge in [0.05, 0.1) is 25.8 Å². The molecule has 0 bridgehead atoms. The highest BCUT2D eigenvalue weighted by molar-refractivity contribution is 6.09. The molecule has 2 aliphatic heterocycles. The normalized spacial score (nSPS) is 33.9. The van der Waals surface area contributed by atoms with Gasteiger partial charge in [-0.1, -0.05) is 0 Å². The first-order chi connectivity index (χ1) is 16.0. The van der Waals surface area contributed by atoms with Gasteiger partial charge in [0.1, 0.15) is 5.75 Å². The Hall–Kier alpha value is -2.84. The molecule has 3 fully saturated rings. The average molecular weight is 450 g/mol. The summed E-state index contributed by atoms with van der Waals surface area (Å²) in [5.41, 5.74) is 9.61. The number of anilines is 2. The smallest absolute Gasteiger partial charge is 0.235 e. The van der Waals surface area contributed by atoms with E-state index in [1.165, 1.54) is 0 Å². The van der Waals surface area contributed by atoms with Crippen molar-refractivity contribution >= 4 is 17.4 Å². The van der Waals surface area contributed by atoms with Crippen molar-refractivity contribution in [3.05, 3.63) is 41.6 Å². The lowest BCUT2D eigenvalue weighted by molar-refractivity contribution is -0.118. The fourth-order valence-corrected chi connectivity index (χ4v) is 6.48. The summed E-state index contributed by atoms with van der Waals surface area (Å²) in [6.07, 6.45) is 4.31. The molecule has 6 rings (SSSR count). The predicted molar refractivity (Wildman–Crippen MR) is 125 cm³/mol. The number of fused-ring (bicyclic) bond motifs is 3. The molecule has 33 heavy (non-hydrogen) atoms. The Bertz CT molecular complexity index is 1110. The standard InChI is InChI=1S/C25H31N5O3/c1-13-4-9-21(33-3)23(26-13)28-22-16-7-5-14(10-20(16)29-30-22)18-12-25(18)17-11-15(32-2)6-8-19(17)27-24(25)31/h4,6,8-9,11,14,16,18,20,22,29-30H,5,7,10,12H2,1-3H3,(H,26,28)(H,27,31)/t14?,16?,18-,20?,22?,25-/m0/s1. The number of rotatable bonds is 5. The van der Waals surface area contributed by atoms with Gasteiger partial charge >= 0.3 is 0 Å². The number of hydrazine groups is 1. The molecule has 2 saturated carbocycles. The van der Waals surface area contributed by atoms with E-state index in [0.717, 1.165) is 59.9 Å². The maximum absolute atomic E-state index is 13.0. The lowest BCUT2D eigenvalue weighted by Crippen LogP contribution is -2.39. The van der Waals surface area contributed by atoms with Crippen LogP contribution in [0.4, 0.5) is 11.5 Å². The van der Waals surface area contributed by atoms with Gasteiger partial charge in [-0.05, 0) is 80.3 Å². The zero-order chi connectivity index (χ0) is 22.7. The topological polar surface area (TPSA) is 96.5 Å². The summed E-state index contributed by atoms with van der Waals surface area (Å²) in [5, 5.41) is 6.67. The minimum atomic E-state index is -0.371. The van der Waals surface area contributed by atoms with Gasteiger partial charge in [-0.25, -0.2) is 10.4 Å². The number of hydrogen-bond acceptors (Lipinski definition) is 7. The van der Waals surface area contributed by atoms with Crippen LogP contribution in [0.5, 0.6) is 11.5 Å². The number of carbonyl (C=O) groups is 1. The largest absolute Gasteiger partial charge is 0.497 e. The Balaban J connectivity index is 1.16. The number of aryl methyl sites for hydroxylation is 1. The third-order valence-electron chi connectivity index (χ3n) is 8.25. The third kappa shape index (κ3) is 3.19. The number of amides is 1. The van der Waals surface area contributed by atoms with Gasteiger partial charge in [0.25, 0.3) is 0 Å². The fraction of sp³-hybridized carbons (Fsp3) is 0.520. The Morgan fingerprint density at radius 1 is 1.12 bits per heavy atom. The number of ether oxygens (including phenoxy) is 2. The zero-order valence-corrected chi connectivity index (χ0v) is 19.3. The van der Waals surface area contributed by atoms with Gasteiger partial charge in [-0.3, -0.25) is 10.2 Å². The van der Waals surface area contributed by atoms with Crippen LogP contribution in [0.25, 0.3) is 0 Å². The number of aromatic nitrogens is 1. The molecule has 1 spiro atoms. The van der Waals surface area contributed by atoms with Crippen LogP contribution in [0.1, 0.15) is 36.9 Å². The first-order valence-corrected chi connectivity index (χ1v) is 11.8. The van der Waals surface area contributed by atoms with E-state index < -0.39 is 0 Å². The zero-order valence-electron chi connectivity index (χ0n) is 19.3. The molecule has 3 heterocycles. The second kappa shape index (κ2) is 7.60. The van der Waals surface area contributed by atoms with E-state index in [1.54, 1.807) is 14.2 Å². The van der Waals surface area contributed by atoms with Gasteiger partial charge in [0, 0.05) is 23.3 Å². The van der Waals surface area contributed by atoms with Crippen LogP contribution in [0.15, 0.2) is 30.3 Å². The number of pyridine rings is 1. The quantitative estimate of drug-likeness (QED) is 0.557. The van der Waals surface area contributed by atoms with E-state index in [-0.39, 0.29) is 17.5 Å². The second-order valence-corrected chi connectivity index (χ2v) is 9.91. The first-order valence-electron chi connectivity index (χ1n) is 11.8. The molecule has 2 aromatic rings. The molecule has 174 valence electrons. The predicted octanol–water partition coefficient (Wildman–Crippen LogP) is 2.95. The van der Waals surface area contributed by atoms with Crippen LogP contribution in [0.2, 0.25) is 0 Å². The fourth-order valence-electron chi connectivity index (χ4n) is 6.48. The molecule has 4 aliphatic rings. The summed E-state index contributed by atoms with van der Waals surface area (Å²) < 4.78 is 10.9. The highest BCUT2D eigenvalue weighted by Crippen LogP contribution is 2.65. The van der Waals surface area contributed by atoms with Crippen LogP contribution in [0, 0.1) is 24.7 Å². The maximum atomic E-state index is 13.0. The lowest BCUT2D eigenvalue weighted by Gasteiger charge is -2.34. The van der Waals surface area contributed by atoms with Crippen molar-refractivity contribution in [1.29, 1.82) is 0 Å². The summed E-state index contributed by atoms with van der Waals surface area (Å²) in [5.74, 6) is 3.86. The minimum Gasteiger partial charge on any atom is -0.497 e. The molecule has 0 radical (unpaired) electrons. The molecule has 2 aliphatic carbocycles. The average Bonchev–Trinajstić information content (AvgIpc) is 3.38. The van der Waals surface area contributed by atoms with E-state index in [9.17, 15) is 4.79 Å². The summed E-state index contributed by atoms with van der Waals surface area (Å²) in [6.45, 7) is 1.98. The van der Waals surface area contributed by atoms with Crippen molar-refractivity contribution in [2.45, 2.75) is 50.2 Å². The third-order valence-corrected chi connectivity index (χ3v) is 8.25. The van der Waals surface area contributed by atoms with Crippen LogP contribution < -0.4 is 31.0 Å². The van der Waals surface area contributed by atoms with Gasteiger partial charge < -0.3 is 20.1 Å². The summed E-state index contributed by atoms with van der Waals surface area (Å²) in [4.78, 5) is 17.7. The molecular weight excluding hydrogens is 418 g/mol. The Kier molecular flexibility index (Phi) is 4.78. The van der Waals surface area contributed by atoms with Crippen LogP contribution in [-0.4, -0.2) is 37.3 Å². The highest BCUT2D eigenvalue weighted by atomic mass is 16.5. The molecular formula is C25H31N5O3. The molecule has 8 heteroatoms. The number of nitrogens with one attached hydrogen (secondary N) is 4. The minimum absolute atomic E-state index is 0.0899. The van der Waals surface area contributed by atoms with Crippen molar-refractivity contribution in [2.75, 3.05) is 24.9 Å². The number of nitrogens with zero attached hydrogens (tertiary/aromatic N) is 1. The van der Waals surface area contributed by atoms with Crippen molar-refractivity contribution in [2.24, 2.45) is 17.8 Å². The van der Waals surface area contributed by atoms with Gasteiger partial charge in [-0.15, -0.1) is 0 Å². The van der Waals surface area contributed by atoms with Gasteiger partial charge in [0.2, 0.25) is 5.91 Å². The lowest BCUT2D eigenvalue weighted by atomic mass is 9.74. The van der Waals surface area contributed by atoms with E-state index in [0.29, 0.717) is 23.8 Å².